The molecule has 0 atom stereocenters. The van der Waals surface area contributed by atoms with Gasteiger partial charge in [0.2, 0.25) is 5.43 Å². The summed E-state index contributed by atoms with van der Waals surface area (Å²) < 4.78 is 58.5. The molecule has 4 saturated carbocycles. The highest BCUT2D eigenvalue weighted by Gasteiger charge is 2.51. The summed E-state index contributed by atoms with van der Waals surface area (Å²) in [4.78, 5) is 33.5. The third-order valence-electron chi connectivity index (χ3n) is 9.72. The molecule has 1 aliphatic heterocycles. The summed E-state index contributed by atoms with van der Waals surface area (Å²) in [5, 5.41) is 0.0904. The highest BCUT2D eigenvalue weighted by molar-refractivity contribution is 5.99. The molecule has 5 nitrogen and oxygen atoms in total. The number of aromatic nitrogens is 2. The van der Waals surface area contributed by atoms with Crippen molar-refractivity contribution in [2.75, 3.05) is 18.0 Å². The Morgan fingerprint density at radius 2 is 1.70 bits per heavy atom. The van der Waals surface area contributed by atoms with Gasteiger partial charge in [-0.25, -0.2) is 22.5 Å². The number of carbonyl (C=O) groups is 1. The van der Waals surface area contributed by atoms with E-state index in [9.17, 15) is 22.8 Å². The molecule has 40 heavy (non-hydrogen) atoms. The number of carbonyl (C=O) groups excluding carboxylic acids is 1. The summed E-state index contributed by atoms with van der Waals surface area (Å²) in [6.07, 6.45) is 8.37. The van der Waals surface area contributed by atoms with Gasteiger partial charge in [0.25, 0.3) is 5.92 Å². The molecule has 0 spiro atoms. The minimum absolute atomic E-state index is 0.0354. The second kappa shape index (κ2) is 9.14. The maximum atomic E-state index is 15.1. The number of anilines is 1. The lowest BCUT2D eigenvalue weighted by Crippen LogP contribution is -2.47. The summed E-state index contributed by atoms with van der Waals surface area (Å²) in [6.45, 7) is -0.146. The number of hydrogen-bond acceptors (Lipinski definition) is 4. The van der Waals surface area contributed by atoms with E-state index in [0.29, 0.717) is 24.3 Å². The summed E-state index contributed by atoms with van der Waals surface area (Å²) >= 11 is 0. The molecule has 1 saturated heterocycles. The van der Waals surface area contributed by atoms with E-state index in [1.807, 2.05) is 0 Å². The van der Waals surface area contributed by atoms with Crippen LogP contribution in [0.5, 0.6) is 0 Å². The van der Waals surface area contributed by atoms with Crippen molar-refractivity contribution in [3.63, 3.8) is 0 Å². The van der Waals surface area contributed by atoms with Crippen molar-refractivity contribution in [3.8, 4) is 5.69 Å². The standard InChI is InChI=1S/C31H31F4N3O2/c32-21-2-4-25(24(33)11-21)38-16-23(26(39)15-30-12-18-8-19(13-30)10-20(9-18)14-30)28(40)22-3-5-27(36-29(22)38)37-7-1-6-31(34,35)17-37/h2-5,11,16,18-20H,1,6-10,12-15,17H2. The SMILES string of the molecule is O=C(CC12CC3CC(CC(C3)C1)C2)c1cn(-c2ccc(F)cc2F)c2nc(N3CCCC(F)(F)C3)ccc2c1=O. The van der Waals surface area contributed by atoms with Crippen LogP contribution in [-0.2, 0) is 0 Å². The van der Waals surface area contributed by atoms with Gasteiger partial charge in [-0.2, -0.15) is 0 Å². The highest BCUT2D eigenvalue weighted by Crippen LogP contribution is 2.61. The molecule has 0 unspecified atom stereocenters. The predicted octanol–water partition coefficient (Wildman–Crippen LogP) is 6.69. The molecule has 3 aromatic rings. The first-order valence-corrected chi connectivity index (χ1v) is 14.3. The normalized spacial score (nSPS) is 28.8. The van der Waals surface area contributed by atoms with Crippen LogP contribution in [0.1, 0.15) is 68.1 Å². The van der Waals surface area contributed by atoms with Gasteiger partial charge >= 0.3 is 0 Å². The van der Waals surface area contributed by atoms with E-state index in [2.05, 4.69) is 4.98 Å². The van der Waals surface area contributed by atoms with Crippen molar-refractivity contribution in [2.45, 2.75) is 63.7 Å². The maximum Gasteiger partial charge on any atom is 0.265 e. The number of piperidine rings is 1. The van der Waals surface area contributed by atoms with Crippen LogP contribution in [0.25, 0.3) is 16.7 Å². The van der Waals surface area contributed by atoms with Crippen LogP contribution in [0, 0.1) is 34.8 Å². The maximum absolute atomic E-state index is 15.1. The fraction of sp³-hybridized carbons (Fsp3) is 0.516. The molecular weight excluding hydrogens is 522 g/mol. The number of nitrogens with zero attached hydrogens (tertiary/aromatic N) is 3. The van der Waals surface area contributed by atoms with Crippen LogP contribution >= 0.6 is 0 Å². The van der Waals surface area contributed by atoms with E-state index < -0.39 is 29.5 Å². The zero-order valence-electron chi connectivity index (χ0n) is 22.1. The van der Waals surface area contributed by atoms with Gasteiger partial charge in [0, 0.05) is 31.6 Å². The number of pyridine rings is 2. The lowest BCUT2D eigenvalue weighted by atomic mass is 9.48. The van der Waals surface area contributed by atoms with E-state index in [4.69, 9.17) is 0 Å². The molecule has 2 aromatic heterocycles. The Kier molecular flexibility index (Phi) is 5.88. The topological polar surface area (TPSA) is 55.2 Å². The first-order valence-electron chi connectivity index (χ1n) is 14.3. The van der Waals surface area contributed by atoms with Crippen molar-refractivity contribution in [2.24, 2.45) is 23.2 Å². The summed E-state index contributed by atoms with van der Waals surface area (Å²) in [5.74, 6) is -2.64. The smallest absolute Gasteiger partial charge is 0.265 e. The van der Waals surface area contributed by atoms with Crippen molar-refractivity contribution >= 4 is 22.6 Å². The summed E-state index contributed by atoms with van der Waals surface area (Å²) in [5.41, 5.74) is -0.699. The number of fused-ring (bicyclic) bond motifs is 1. The lowest BCUT2D eigenvalue weighted by molar-refractivity contribution is -0.0524. The number of Topliss-reactive ketones (excluding diaryl/α,β-unsaturated/α-hetero) is 1. The monoisotopic (exact) mass is 553 g/mol. The second-order valence-electron chi connectivity index (χ2n) is 12.8. The van der Waals surface area contributed by atoms with Crippen LogP contribution in [0.15, 0.2) is 41.3 Å². The number of rotatable bonds is 5. The fourth-order valence-corrected chi connectivity index (χ4v) is 8.53. The van der Waals surface area contributed by atoms with Gasteiger partial charge in [0.15, 0.2) is 11.4 Å². The van der Waals surface area contributed by atoms with Gasteiger partial charge in [-0.05, 0) is 92.4 Å². The predicted molar refractivity (Wildman–Crippen MR) is 143 cm³/mol. The molecule has 4 bridgehead atoms. The Hall–Kier alpha value is -3.23. The molecule has 3 heterocycles. The number of benzene rings is 1. The Balaban J connectivity index is 1.33. The van der Waals surface area contributed by atoms with Gasteiger partial charge in [-0.15, -0.1) is 0 Å². The van der Waals surface area contributed by atoms with Gasteiger partial charge in [-0.3, -0.25) is 14.2 Å². The summed E-state index contributed by atoms with van der Waals surface area (Å²) in [6, 6.07) is 6.03. The molecule has 8 rings (SSSR count). The van der Waals surface area contributed by atoms with Gasteiger partial charge in [-0.1, -0.05) is 0 Å². The fourth-order valence-electron chi connectivity index (χ4n) is 8.53. The van der Waals surface area contributed by atoms with E-state index >= 15 is 4.39 Å². The van der Waals surface area contributed by atoms with E-state index in [0.717, 1.165) is 31.4 Å². The molecule has 5 aliphatic rings. The molecule has 210 valence electrons. The van der Waals surface area contributed by atoms with Crippen LogP contribution in [0.4, 0.5) is 23.4 Å². The molecule has 0 amide bonds. The molecule has 0 N–H and O–H groups in total. The van der Waals surface area contributed by atoms with E-state index in [1.165, 1.54) is 53.1 Å². The van der Waals surface area contributed by atoms with Crippen molar-refractivity contribution in [1.29, 1.82) is 0 Å². The first kappa shape index (κ1) is 25.7. The molecule has 4 aliphatic carbocycles. The lowest BCUT2D eigenvalue weighted by Gasteiger charge is -2.56. The van der Waals surface area contributed by atoms with Crippen LogP contribution in [0.3, 0.4) is 0 Å². The molecular formula is C31H31F4N3O2. The zero-order chi connectivity index (χ0) is 27.8. The molecule has 0 radical (unpaired) electrons. The second-order valence-corrected chi connectivity index (χ2v) is 12.8. The third-order valence-corrected chi connectivity index (χ3v) is 9.72. The van der Waals surface area contributed by atoms with E-state index in [-0.39, 0.29) is 58.6 Å². The highest BCUT2D eigenvalue weighted by atomic mass is 19.3. The van der Waals surface area contributed by atoms with Gasteiger partial charge < -0.3 is 4.90 Å². The van der Waals surface area contributed by atoms with Crippen molar-refractivity contribution in [1.82, 2.24) is 9.55 Å². The first-order chi connectivity index (χ1) is 19.1. The van der Waals surface area contributed by atoms with Gasteiger partial charge in [0.05, 0.1) is 23.2 Å². The van der Waals surface area contributed by atoms with E-state index in [1.54, 1.807) is 0 Å². The largest absolute Gasteiger partial charge is 0.351 e. The van der Waals surface area contributed by atoms with Crippen LogP contribution in [-0.4, -0.2) is 34.3 Å². The van der Waals surface area contributed by atoms with Gasteiger partial charge in [0.1, 0.15) is 17.5 Å². The van der Waals surface area contributed by atoms with Crippen LogP contribution < -0.4 is 10.3 Å². The quantitative estimate of drug-likeness (QED) is 0.261. The average Bonchev–Trinajstić information content (AvgIpc) is 2.87. The Morgan fingerprint density at radius 1 is 1.00 bits per heavy atom. The minimum Gasteiger partial charge on any atom is -0.351 e. The van der Waals surface area contributed by atoms with Crippen LogP contribution in [0.2, 0.25) is 0 Å². The Bertz CT molecular complexity index is 1550. The Labute approximate surface area is 229 Å². The number of hydrogen-bond donors (Lipinski definition) is 0. The van der Waals surface area contributed by atoms with Crippen molar-refractivity contribution < 1.29 is 22.4 Å². The van der Waals surface area contributed by atoms with Crippen molar-refractivity contribution in [3.05, 3.63) is 63.9 Å². The number of alkyl halides is 2. The number of halogens is 4. The Morgan fingerprint density at radius 3 is 2.35 bits per heavy atom. The zero-order valence-corrected chi connectivity index (χ0v) is 22.1. The third kappa shape index (κ3) is 4.41. The summed E-state index contributed by atoms with van der Waals surface area (Å²) in [7, 11) is 0. The molecule has 1 aromatic carbocycles. The minimum atomic E-state index is -2.87. The molecule has 9 heteroatoms. The average molecular weight is 554 g/mol. The number of ketones is 1. The molecule has 5 fully saturated rings.